The number of benzene rings is 2. The van der Waals surface area contributed by atoms with Crippen molar-refractivity contribution in [2.75, 3.05) is 5.32 Å². The lowest BCUT2D eigenvalue weighted by atomic mass is 10.1. The molecular weight excluding hydrogens is 426 g/mol. The Morgan fingerprint density at radius 1 is 1.09 bits per heavy atom. The fourth-order valence-electron chi connectivity index (χ4n) is 3.01. The van der Waals surface area contributed by atoms with E-state index < -0.39 is 18.2 Å². The van der Waals surface area contributed by atoms with Gasteiger partial charge in [-0.15, -0.1) is 13.2 Å². The molecule has 32 heavy (non-hydrogen) atoms. The van der Waals surface area contributed by atoms with Gasteiger partial charge in [-0.3, -0.25) is 4.98 Å². The van der Waals surface area contributed by atoms with Crippen molar-refractivity contribution in [3.63, 3.8) is 0 Å². The van der Waals surface area contributed by atoms with E-state index in [-0.39, 0.29) is 18.3 Å². The molecule has 9 heteroatoms. The third-order valence-electron chi connectivity index (χ3n) is 4.52. The van der Waals surface area contributed by atoms with Gasteiger partial charge < -0.3 is 15.0 Å². The van der Waals surface area contributed by atoms with Crippen molar-refractivity contribution in [2.24, 2.45) is 0 Å². The zero-order chi connectivity index (χ0) is 23.3. The average molecular weight is 447 g/mol. The minimum atomic E-state index is -4.78. The molecule has 0 unspecified atom stereocenters. The van der Waals surface area contributed by atoms with Gasteiger partial charge in [0.2, 0.25) is 0 Å². The van der Waals surface area contributed by atoms with Gasteiger partial charge in [-0.25, -0.2) is 9.18 Å². The molecule has 0 saturated heterocycles. The van der Waals surface area contributed by atoms with Crippen molar-refractivity contribution in [1.29, 1.82) is 0 Å². The largest absolute Gasteiger partial charge is 0.573 e. The van der Waals surface area contributed by atoms with Crippen molar-refractivity contribution in [3.8, 4) is 17.0 Å². The maximum absolute atomic E-state index is 13.5. The predicted molar refractivity (Wildman–Crippen MR) is 112 cm³/mol. The van der Waals surface area contributed by atoms with E-state index in [1.54, 1.807) is 17.0 Å². The van der Waals surface area contributed by atoms with Crippen molar-refractivity contribution < 1.29 is 27.1 Å². The van der Waals surface area contributed by atoms with Crippen molar-refractivity contribution >= 4 is 11.7 Å². The number of carbonyl (C=O) groups excluding carboxylic acids is 1. The molecule has 168 valence electrons. The standard InChI is InChI=1S/C23H21F4N3O2/c1-15(2)30(22(31)29-19-6-8-20(9-7-19)32-23(25,26)27)14-16-4-3-5-17(12-16)21-13-18(24)10-11-28-21/h3-13,15H,14H2,1-2H3,(H,29,31). The number of pyridine rings is 1. The summed E-state index contributed by atoms with van der Waals surface area (Å²) in [6.45, 7) is 3.96. The summed E-state index contributed by atoms with van der Waals surface area (Å²) in [7, 11) is 0. The van der Waals surface area contributed by atoms with E-state index in [2.05, 4.69) is 15.0 Å². The van der Waals surface area contributed by atoms with Gasteiger partial charge in [0.1, 0.15) is 11.6 Å². The first-order chi connectivity index (χ1) is 15.1. The quantitative estimate of drug-likeness (QED) is 0.456. The number of anilines is 1. The Morgan fingerprint density at radius 3 is 2.44 bits per heavy atom. The molecule has 0 radical (unpaired) electrons. The summed E-state index contributed by atoms with van der Waals surface area (Å²) in [4.78, 5) is 18.6. The van der Waals surface area contributed by atoms with Crippen molar-refractivity contribution in [3.05, 3.63) is 78.2 Å². The highest BCUT2D eigenvalue weighted by Gasteiger charge is 2.31. The second-order valence-corrected chi connectivity index (χ2v) is 7.28. The zero-order valence-electron chi connectivity index (χ0n) is 17.4. The van der Waals surface area contributed by atoms with Crippen LogP contribution in [0.3, 0.4) is 0 Å². The number of amides is 2. The SMILES string of the molecule is CC(C)N(Cc1cccc(-c2cc(F)ccn2)c1)C(=O)Nc1ccc(OC(F)(F)F)cc1. The number of nitrogens with one attached hydrogen (secondary N) is 1. The van der Waals surface area contributed by atoms with Crippen LogP contribution in [-0.2, 0) is 6.54 Å². The van der Waals surface area contributed by atoms with Gasteiger partial charge >= 0.3 is 12.4 Å². The second-order valence-electron chi connectivity index (χ2n) is 7.28. The number of hydrogen-bond donors (Lipinski definition) is 1. The Hall–Kier alpha value is -3.62. The molecule has 0 aliphatic heterocycles. The first-order valence-electron chi connectivity index (χ1n) is 9.75. The summed E-state index contributed by atoms with van der Waals surface area (Å²) in [5, 5.41) is 2.68. The molecule has 3 aromatic rings. The highest BCUT2D eigenvalue weighted by atomic mass is 19.4. The van der Waals surface area contributed by atoms with Crippen LogP contribution in [-0.4, -0.2) is 28.3 Å². The molecule has 0 spiro atoms. The number of rotatable bonds is 6. The minimum absolute atomic E-state index is 0.168. The summed E-state index contributed by atoms with van der Waals surface area (Å²) >= 11 is 0. The maximum Gasteiger partial charge on any atom is 0.573 e. The van der Waals surface area contributed by atoms with E-state index in [0.29, 0.717) is 16.9 Å². The number of ether oxygens (including phenoxy) is 1. The smallest absolute Gasteiger partial charge is 0.406 e. The van der Waals surface area contributed by atoms with E-state index in [1.807, 2.05) is 26.0 Å². The van der Waals surface area contributed by atoms with E-state index >= 15 is 0 Å². The summed E-state index contributed by atoms with van der Waals surface area (Å²) in [5.41, 5.74) is 2.33. The molecule has 0 saturated carbocycles. The van der Waals surface area contributed by atoms with Gasteiger partial charge in [0, 0.05) is 36.1 Å². The third-order valence-corrected chi connectivity index (χ3v) is 4.52. The van der Waals surface area contributed by atoms with Crippen LogP contribution >= 0.6 is 0 Å². The highest BCUT2D eigenvalue weighted by Crippen LogP contribution is 2.25. The Bertz CT molecular complexity index is 1070. The maximum atomic E-state index is 13.5. The number of alkyl halides is 3. The first-order valence-corrected chi connectivity index (χ1v) is 9.75. The van der Waals surface area contributed by atoms with E-state index in [1.165, 1.54) is 30.5 Å². The monoisotopic (exact) mass is 447 g/mol. The molecule has 1 N–H and O–H groups in total. The zero-order valence-corrected chi connectivity index (χ0v) is 17.4. The number of nitrogens with zero attached hydrogens (tertiary/aromatic N) is 2. The molecule has 2 amide bonds. The lowest BCUT2D eigenvalue weighted by Crippen LogP contribution is -2.39. The molecule has 0 aliphatic carbocycles. The van der Waals surface area contributed by atoms with Crippen LogP contribution in [0.4, 0.5) is 28.0 Å². The molecule has 0 atom stereocenters. The minimum Gasteiger partial charge on any atom is -0.406 e. The summed E-state index contributed by atoms with van der Waals surface area (Å²) in [6, 6.07) is 14.2. The number of carbonyl (C=O) groups is 1. The third kappa shape index (κ3) is 6.44. The van der Waals surface area contributed by atoms with Gasteiger partial charge in [-0.05, 0) is 55.8 Å². The van der Waals surface area contributed by atoms with Crippen molar-refractivity contribution in [1.82, 2.24) is 9.88 Å². The number of urea groups is 1. The lowest BCUT2D eigenvalue weighted by molar-refractivity contribution is -0.274. The first kappa shape index (κ1) is 23.1. The summed E-state index contributed by atoms with van der Waals surface area (Å²) in [5.74, 6) is -0.769. The number of halogens is 4. The fourth-order valence-corrected chi connectivity index (χ4v) is 3.01. The highest BCUT2D eigenvalue weighted by molar-refractivity contribution is 5.89. The number of aromatic nitrogens is 1. The Kier molecular flexibility index (Phi) is 6.97. The van der Waals surface area contributed by atoms with Crippen LogP contribution in [0.25, 0.3) is 11.3 Å². The normalized spacial score (nSPS) is 11.3. The van der Waals surface area contributed by atoms with Gasteiger partial charge in [0.25, 0.3) is 0 Å². The topological polar surface area (TPSA) is 54.5 Å². The Balaban J connectivity index is 1.72. The molecular formula is C23H21F4N3O2. The van der Waals surface area contributed by atoms with Crippen LogP contribution in [0.5, 0.6) is 5.75 Å². The van der Waals surface area contributed by atoms with Crippen LogP contribution in [0, 0.1) is 5.82 Å². The predicted octanol–water partition coefficient (Wildman–Crippen LogP) is 6.23. The van der Waals surface area contributed by atoms with E-state index in [0.717, 1.165) is 17.7 Å². The molecule has 2 aromatic carbocycles. The molecule has 0 bridgehead atoms. The van der Waals surface area contributed by atoms with Gasteiger partial charge in [-0.1, -0.05) is 18.2 Å². The summed E-state index contributed by atoms with van der Waals surface area (Å²) in [6.07, 6.45) is -3.40. The molecule has 1 heterocycles. The van der Waals surface area contributed by atoms with Crippen molar-refractivity contribution in [2.45, 2.75) is 32.8 Å². The number of hydrogen-bond acceptors (Lipinski definition) is 3. The van der Waals surface area contributed by atoms with Crippen LogP contribution in [0.15, 0.2) is 66.9 Å². The average Bonchev–Trinajstić information content (AvgIpc) is 2.72. The van der Waals surface area contributed by atoms with Gasteiger partial charge in [0.05, 0.1) is 5.69 Å². The second kappa shape index (κ2) is 9.67. The van der Waals surface area contributed by atoms with E-state index in [9.17, 15) is 22.4 Å². The summed E-state index contributed by atoms with van der Waals surface area (Å²) < 4.78 is 54.2. The molecule has 0 fully saturated rings. The van der Waals surface area contributed by atoms with Crippen LogP contribution in [0.2, 0.25) is 0 Å². The van der Waals surface area contributed by atoms with E-state index in [4.69, 9.17) is 0 Å². The molecule has 0 aliphatic rings. The van der Waals surface area contributed by atoms with Crippen LogP contribution in [0.1, 0.15) is 19.4 Å². The molecule has 1 aromatic heterocycles. The van der Waals surface area contributed by atoms with Gasteiger partial charge in [-0.2, -0.15) is 0 Å². The molecule has 3 rings (SSSR count). The Labute approximate surface area is 182 Å². The fraction of sp³-hybridized carbons (Fsp3) is 0.217. The lowest BCUT2D eigenvalue weighted by Gasteiger charge is -2.27. The van der Waals surface area contributed by atoms with Crippen LogP contribution < -0.4 is 10.1 Å². The Morgan fingerprint density at radius 2 is 1.81 bits per heavy atom. The van der Waals surface area contributed by atoms with Gasteiger partial charge in [0.15, 0.2) is 0 Å². The molecule has 5 nitrogen and oxygen atoms in total.